The van der Waals surface area contributed by atoms with E-state index in [1.165, 1.54) is 0 Å². The Hall–Kier alpha value is -3.45. The third kappa shape index (κ3) is 5.62. The second-order valence-electron chi connectivity index (χ2n) is 8.07. The van der Waals surface area contributed by atoms with Gasteiger partial charge < -0.3 is 14.6 Å². The average Bonchev–Trinajstić information content (AvgIpc) is 3.26. The largest absolute Gasteiger partial charge is 0.489 e. The Morgan fingerprint density at radius 2 is 2.19 bits per heavy atom. The van der Waals surface area contributed by atoms with Gasteiger partial charge in [0, 0.05) is 23.9 Å². The molecule has 1 atom stereocenters. The highest BCUT2D eigenvalue weighted by Crippen LogP contribution is 2.23. The third-order valence-electron chi connectivity index (χ3n) is 5.45. The van der Waals surface area contributed by atoms with Gasteiger partial charge in [-0.25, -0.2) is 0 Å². The van der Waals surface area contributed by atoms with Gasteiger partial charge >= 0.3 is 0 Å². The van der Waals surface area contributed by atoms with Crippen molar-refractivity contribution in [3.05, 3.63) is 72.6 Å². The lowest BCUT2D eigenvalue weighted by Gasteiger charge is -2.30. The first-order valence-electron chi connectivity index (χ1n) is 10.9. The predicted octanol–water partition coefficient (Wildman–Crippen LogP) is 4.46. The van der Waals surface area contributed by atoms with Crippen molar-refractivity contribution in [3.63, 3.8) is 0 Å². The first-order valence-corrected chi connectivity index (χ1v) is 10.9. The number of nitrogens with one attached hydrogen (secondary N) is 1. The number of ether oxygens (including phenoxy) is 1. The van der Waals surface area contributed by atoms with Crippen LogP contribution in [0.3, 0.4) is 0 Å². The van der Waals surface area contributed by atoms with Crippen LogP contribution in [0.15, 0.2) is 65.7 Å². The summed E-state index contributed by atoms with van der Waals surface area (Å²) in [5.41, 5.74) is 2.82. The first-order chi connectivity index (χ1) is 15.6. The van der Waals surface area contributed by atoms with Gasteiger partial charge in [-0.05, 0) is 44.5 Å². The summed E-state index contributed by atoms with van der Waals surface area (Å²) in [5.74, 6) is 1.78. The molecule has 0 aliphatic carbocycles. The number of amides is 1. The maximum absolute atomic E-state index is 12.9. The van der Waals surface area contributed by atoms with Crippen LogP contribution in [0.25, 0.3) is 11.4 Å². The zero-order valence-corrected chi connectivity index (χ0v) is 18.3. The van der Waals surface area contributed by atoms with Crippen LogP contribution in [0.4, 0.5) is 5.69 Å². The Morgan fingerprint density at radius 3 is 3.03 bits per heavy atom. The van der Waals surface area contributed by atoms with Gasteiger partial charge in [0.2, 0.25) is 17.6 Å². The molecule has 7 nitrogen and oxygen atoms in total. The topological polar surface area (TPSA) is 80.5 Å². The molecule has 1 aliphatic heterocycles. The van der Waals surface area contributed by atoms with Gasteiger partial charge in [-0.1, -0.05) is 47.6 Å². The number of benzene rings is 2. The molecule has 1 fully saturated rings. The molecule has 7 heteroatoms. The fourth-order valence-electron chi connectivity index (χ4n) is 3.89. The molecule has 1 amide bonds. The lowest BCUT2D eigenvalue weighted by atomic mass is 9.97. The van der Waals surface area contributed by atoms with Crippen LogP contribution in [0.5, 0.6) is 5.75 Å². The molecule has 0 saturated carbocycles. The van der Waals surface area contributed by atoms with Crippen molar-refractivity contribution in [2.45, 2.75) is 26.3 Å². The van der Waals surface area contributed by atoms with E-state index in [0.717, 1.165) is 36.2 Å². The number of likely N-dealkylation sites (tertiary alicyclic amines) is 1. The van der Waals surface area contributed by atoms with Crippen molar-refractivity contribution in [1.29, 1.82) is 0 Å². The molecule has 0 bridgehead atoms. The minimum atomic E-state index is -0.0966. The summed E-state index contributed by atoms with van der Waals surface area (Å²) >= 11 is 0. The Balaban J connectivity index is 1.34. The fraction of sp³-hybridized carbons (Fsp3) is 0.320. The normalized spacial score (nSPS) is 16.5. The maximum atomic E-state index is 12.9. The molecule has 2 heterocycles. The number of rotatable bonds is 8. The summed E-state index contributed by atoms with van der Waals surface area (Å²) in [7, 11) is 0. The van der Waals surface area contributed by atoms with E-state index in [1.807, 2.05) is 55.5 Å². The number of anilines is 1. The van der Waals surface area contributed by atoms with Crippen molar-refractivity contribution >= 4 is 11.6 Å². The molecule has 0 radical (unpaired) electrons. The standard InChI is InChI=1S/C25H28N4O3/c1-3-13-31-22-11-5-10-21(15-22)26-25(30)20-9-6-12-29(16-20)17-23-27-24(28-32-23)19-8-4-7-18(2)14-19/h3-5,7-8,10-11,14-15,20H,1,6,9,12-13,16-17H2,2H3,(H,26,30). The third-order valence-corrected chi connectivity index (χ3v) is 5.45. The first kappa shape index (κ1) is 21.8. The van der Waals surface area contributed by atoms with Crippen LogP contribution in [0.2, 0.25) is 0 Å². The van der Waals surface area contributed by atoms with Gasteiger partial charge in [0.1, 0.15) is 12.4 Å². The summed E-state index contributed by atoms with van der Waals surface area (Å²) < 4.78 is 11.0. The number of carbonyl (C=O) groups is 1. The quantitative estimate of drug-likeness (QED) is 0.530. The van der Waals surface area contributed by atoms with Crippen LogP contribution < -0.4 is 10.1 Å². The van der Waals surface area contributed by atoms with Crippen molar-refractivity contribution in [1.82, 2.24) is 15.0 Å². The lowest BCUT2D eigenvalue weighted by Crippen LogP contribution is -2.40. The summed E-state index contributed by atoms with van der Waals surface area (Å²) in [6.07, 6.45) is 3.49. The summed E-state index contributed by atoms with van der Waals surface area (Å²) in [6, 6.07) is 15.4. The molecule has 4 rings (SSSR count). The molecular weight excluding hydrogens is 404 g/mol. The molecule has 1 aromatic heterocycles. The number of aryl methyl sites for hydroxylation is 1. The van der Waals surface area contributed by atoms with E-state index in [9.17, 15) is 4.79 Å². The van der Waals surface area contributed by atoms with Gasteiger partial charge in [0.05, 0.1) is 12.5 Å². The van der Waals surface area contributed by atoms with Crippen LogP contribution in [-0.4, -0.2) is 40.6 Å². The van der Waals surface area contributed by atoms with E-state index in [4.69, 9.17) is 9.26 Å². The van der Waals surface area contributed by atoms with E-state index in [1.54, 1.807) is 6.08 Å². The molecule has 32 heavy (non-hydrogen) atoms. The Kier molecular flexibility index (Phi) is 6.97. The molecular formula is C25H28N4O3. The number of hydrogen-bond acceptors (Lipinski definition) is 6. The van der Waals surface area contributed by atoms with E-state index in [-0.39, 0.29) is 11.8 Å². The van der Waals surface area contributed by atoms with Gasteiger partial charge in [0.25, 0.3) is 0 Å². The number of piperidine rings is 1. The number of nitrogens with zero attached hydrogens (tertiary/aromatic N) is 3. The van der Waals surface area contributed by atoms with Crippen LogP contribution in [0, 0.1) is 12.8 Å². The Morgan fingerprint density at radius 1 is 1.31 bits per heavy atom. The summed E-state index contributed by atoms with van der Waals surface area (Å²) in [6.45, 7) is 8.20. The number of aromatic nitrogens is 2. The second kappa shape index (κ2) is 10.2. The monoisotopic (exact) mass is 432 g/mol. The van der Waals surface area contributed by atoms with E-state index < -0.39 is 0 Å². The molecule has 1 saturated heterocycles. The van der Waals surface area contributed by atoms with Crippen LogP contribution >= 0.6 is 0 Å². The zero-order valence-electron chi connectivity index (χ0n) is 18.3. The van der Waals surface area contributed by atoms with Gasteiger partial charge in [-0.15, -0.1) is 0 Å². The van der Waals surface area contributed by atoms with E-state index in [2.05, 4.69) is 26.9 Å². The van der Waals surface area contributed by atoms with Crippen molar-refractivity contribution < 1.29 is 14.1 Å². The minimum Gasteiger partial charge on any atom is -0.489 e. The van der Waals surface area contributed by atoms with Crippen molar-refractivity contribution in [3.8, 4) is 17.1 Å². The number of carbonyl (C=O) groups excluding carboxylic acids is 1. The smallest absolute Gasteiger partial charge is 0.241 e. The molecule has 0 spiro atoms. The Bertz CT molecular complexity index is 1080. The summed E-state index contributed by atoms with van der Waals surface area (Å²) in [5, 5.41) is 7.14. The van der Waals surface area contributed by atoms with E-state index >= 15 is 0 Å². The van der Waals surface area contributed by atoms with Crippen molar-refractivity contribution in [2.24, 2.45) is 5.92 Å². The Labute approximate surface area is 188 Å². The molecule has 1 unspecified atom stereocenters. The SMILES string of the molecule is C=CCOc1cccc(NC(=O)C2CCCN(Cc3nc(-c4cccc(C)c4)no3)C2)c1. The average molecular weight is 433 g/mol. The highest BCUT2D eigenvalue weighted by Gasteiger charge is 2.27. The number of hydrogen-bond donors (Lipinski definition) is 1. The zero-order chi connectivity index (χ0) is 22.3. The van der Waals surface area contributed by atoms with Gasteiger partial charge in [-0.2, -0.15) is 4.98 Å². The molecule has 1 aliphatic rings. The highest BCUT2D eigenvalue weighted by molar-refractivity contribution is 5.92. The van der Waals surface area contributed by atoms with Gasteiger partial charge in [0.15, 0.2) is 0 Å². The van der Waals surface area contributed by atoms with Gasteiger partial charge in [-0.3, -0.25) is 9.69 Å². The second-order valence-corrected chi connectivity index (χ2v) is 8.07. The maximum Gasteiger partial charge on any atom is 0.241 e. The fourth-order valence-corrected chi connectivity index (χ4v) is 3.89. The highest BCUT2D eigenvalue weighted by atomic mass is 16.5. The molecule has 1 N–H and O–H groups in total. The molecule has 166 valence electrons. The minimum absolute atomic E-state index is 0.0153. The van der Waals surface area contributed by atoms with Crippen LogP contribution in [0.1, 0.15) is 24.3 Å². The van der Waals surface area contributed by atoms with Crippen molar-refractivity contribution in [2.75, 3.05) is 25.0 Å². The summed E-state index contributed by atoms with van der Waals surface area (Å²) in [4.78, 5) is 19.6. The molecule has 2 aromatic carbocycles. The predicted molar refractivity (Wildman–Crippen MR) is 123 cm³/mol. The van der Waals surface area contributed by atoms with E-state index in [0.29, 0.717) is 37.2 Å². The lowest BCUT2D eigenvalue weighted by molar-refractivity contribution is -0.121. The van der Waals surface area contributed by atoms with Crippen LogP contribution in [-0.2, 0) is 11.3 Å². The molecule has 3 aromatic rings.